The molecule has 1 heterocycles. The Balaban J connectivity index is 2.26. The quantitative estimate of drug-likeness (QED) is 0.718. The van der Waals surface area contributed by atoms with E-state index in [1.165, 1.54) is 5.56 Å². The van der Waals surface area contributed by atoms with Gasteiger partial charge in [0, 0.05) is 32.5 Å². The third-order valence-electron chi connectivity index (χ3n) is 3.21. The van der Waals surface area contributed by atoms with E-state index >= 15 is 0 Å². The SMILES string of the molecule is CCCCN(C)C(=O)CN(C)CCc1ccncc1. The lowest BCUT2D eigenvalue weighted by atomic mass is 10.2. The first-order chi connectivity index (χ1) is 9.13. The van der Waals surface area contributed by atoms with E-state index in [0.29, 0.717) is 6.54 Å². The third kappa shape index (κ3) is 6.34. The molecule has 1 aromatic heterocycles. The highest BCUT2D eigenvalue weighted by Crippen LogP contribution is 2.00. The second kappa shape index (κ2) is 8.64. The van der Waals surface area contributed by atoms with Gasteiger partial charge in [0.05, 0.1) is 6.54 Å². The largest absolute Gasteiger partial charge is 0.345 e. The number of carbonyl (C=O) groups excluding carboxylic acids is 1. The molecule has 4 heteroatoms. The summed E-state index contributed by atoms with van der Waals surface area (Å²) in [5.74, 6) is 0.200. The van der Waals surface area contributed by atoms with Crippen molar-refractivity contribution in [1.82, 2.24) is 14.8 Å². The Morgan fingerprint density at radius 3 is 2.53 bits per heavy atom. The zero-order valence-electron chi connectivity index (χ0n) is 12.3. The normalized spacial score (nSPS) is 10.7. The Morgan fingerprint density at radius 2 is 1.89 bits per heavy atom. The number of pyridine rings is 1. The Morgan fingerprint density at radius 1 is 1.21 bits per heavy atom. The van der Waals surface area contributed by atoms with Crippen LogP contribution in [-0.4, -0.2) is 54.4 Å². The van der Waals surface area contributed by atoms with Crippen LogP contribution < -0.4 is 0 Å². The van der Waals surface area contributed by atoms with Crippen molar-refractivity contribution in [3.05, 3.63) is 30.1 Å². The lowest BCUT2D eigenvalue weighted by Crippen LogP contribution is -2.37. The number of carbonyl (C=O) groups is 1. The molecular formula is C15H25N3O. The van der Waals surface area contributed by atoms with E-state index < -0.39 is 0 Å². The molecule has 0 N–H and O–H groups in total. The van der Waals surface area contributed by atoms with Crippen LogP contribution in [0.15, 0.2) is 24.5 Å². The van der Waals surface area contributed by atoms with Gasteiger partial charge in [0.1, 0.15) is 0 Å². The van der Waals surface area contributed by atoms with Crippen molar-refractivity contribution in [2.75, 3.05) is 33.7 Å². The maximum atomic E-state index is 11.9. The Kier molecular flexibility index (Phi) is 7.11. The molecule has 4 nitrogen and oxygen atoms in total. The molecule has 0 saturated heterocycles. The monoisotopic (exact) mass is 263 g/mol. The molecular weight excluding hydrogens is 238 g/mol. The average Bonchev–Trinajstić information content (AvgIpc) is 2.43. The zero-order valence-corrected chi connectivity index (χ0v) is 12.3. The summed E-state index contributed by atoms with van der Waals surface area (Å²) in [6.45, 7) is 4.37. The van der Waals surface area contributed by atoms with Crippen LogP contribution in [0.5, 0.6) is 0 Å². The molecule has 1 rings (SSSR count). The number of hydrogen-bond acceptors (Lipinski definition) is 3. The first kappa shape index (κ1) is 15.6. The van der Waals surface area contributed by atoms with Crippen LogP contribution in [0.4, 0.5) is 0 Å². The molecule has 0 unspecified atom stereocenters. The van der Waals surface area contributed by atoms with Crippen molar-refractivity contribution in [2.45, 2.75) is 26.2 Å². The molecule has 19 heavy (non-hydrogen) atoms. The lowest BCUT2D eigenvalue weighted by molar-refractivity contribution is -0.130. The van der Waals surface area contributed by atoms with Crippen LogP contribution in [-0.2, 0) is 11.2 Å². The highest BCUT2D eigenvalue weighted by atomic mass is 16.2. The molecule has 0 aromatic carbocycles. The summed E-state index contributed by atoms with van der Waals surface area (Å²) in [4.78, 5) is 19.8. The standard InChI is InChI=1S/C15H25N3O/c1-4-5-11-18(3)15(19)13-17(2)12-8-14-6-9-16-10-7-14/h6-7,9-10H,4-5,8,11-13H2,1-3H3. The van der Waals surface area contributed by atoms with Crippen LogP contribution in [0.25, 0.3) is 0 Å². The van der Waals surface area contributed by atoms with Crippen molar-refractivity contribution in [3.8, 4) is 0 Å². The second-order valence-corrected chi connectivity index (χ2v) is 5.01. The van der Waals surface area contributed by atoms with Crippen molar-refractivity contribution in [2.24, 2.45) is 0 Å². The summed E-state index contributed by atoms with van der Waals surface area (Å²) in [6, 6.07) is 4.03. The molecule has 0 radical (unpaired) electrons. The minimum atomic E-state index is 0.200. The van der Waals surface area contributed by atoms with Gasteiger partial charge in [0.25, 0.3) is 0 Å². The molecule has 0 aliphatic heterocycles. The number of hydrogen-bond donors (Lipinski definition) is 0. The number of amides is 1. The highest BCUT2D eigenvalue weighted by molar-refractivity contribution is 5.77. The summed E-state index contributed by atoms with van der Waals surface area (Å²) >= 11 is 0. The first-order valence-electron chi connectivity index (χ1n) is 6.95. The van der Waals surface area contributed by atoms with Crippen molar-refractivity contribution >= 4 is 5.91 Å². The van der Waals surface area contributed by atoms with Crippen molar-refractivity contribution in [3.63, 3.8) is 0 Å². The van der Waals surface area contributed by atoms with E-state index in [9.17, 15) is 4.79 Å². The van der Waals surface area contributed by atoms with Crippen LogP contribution in [0.2, 0.25) is 0 Å². The molecule has 1 amide bonds. The number of aromatic nitrogens is 1. The fraction of sp³-hybridized carbons (Fsp3) is 0.600. The summed E-state index contributed by atoms with van der Waals surface area (Å²) < 4.78 is 0. The fourth-order valence-corrected chi connectivity index (χ4v) is 1.82. The van der Waals surface area contributed by atoms with Crippen LogP contribution in [0, 0.1) is 0 Å². The molecule has 0 aliphatic carbocycles. The van der Waals surface area contributed by atoms with Gasteiger partial charge in [-0.15, -0.1) is 0 Å². The maximum Gasteiger partial charge on any atom is 0.236 e. The molecule has 106 valence electrons. The number of nitrogens with zero attached hydrogens (tertiary/aromatic N) is 3. The summed E-state index contributed by atoms with van der Waals surface area (Å²) in [5.41, 5.74) is 1.26. The Bertz CT molecular complexity index is 367. The van der Waals surface area contributed by atoms with E-state index in [2.05, 4.69) is 16.8 Å². The van der Waals surface area contributed by atoms with E-state index in [-0.39, 0.29) is 5.91 Å². The van der Waals surface area contributed by atoms with E-state index in [1.807, 2.05) is 31.1 Å². The van der Waals surface area contributed by atoms with Gasteiger partial charge >= 0.3 is 0 Å². The van der Waals surface area contributed by atoms with Crippen molar-refractivity contribution in [1.29, 1.82) is 0 Å². The van der Waals surface area contributed by atoms with Gasteiger partial charge < -0.3 is 4.90 Å². The Hall–Kier alpha value is -1.42. The summed E-state index contributed by atoms with van der Waals surface area (Å²) in [7, 11) is 3.88. The smallest absolute Gasteiger partial charge is 0.236 e. The van der Waals surface area contributed by atoms with Crippen LogP contribution in [0.1, 0.15) is 25.3 Å². The van der Waals surface area contributed by atoms with Gasteiger partial charge in [-0.1, -0.05) is 13.3 Å². The molecule has 1 aromatic rings. The van der Waals surface area contributed by atoms with E-state index in [4.69, 9.17) is 0 Å². The van der Waals surface area contributed by atoms with Gasteiger partial charge in [-0.3, -0.25) is 14.7 Å². The van der Waals surface area contributed by atoms with Gasteiger partial charge in [0.2, 0.25) is 5.91 Å². The topological polar surface area (TPSA) is 36.4 Å². The third-order valence-corrected chi connectivity index (χ3v) is 3.21. The molecule has 0 atom stereocenters. The lowest BCUT2D eigenvalue weighted by Gasteiger charge is -2.21. The minimum Gasteiger partial charge on any atom is -0.345 e. The van der Waals surface area contributed by atoms with E-state index in [0.717, 1.165) is 32.4 Å². The second-order valence-electron chi connectivity index (χ2n) is 5.01. The number of likely N-dealkylation sites (N-methyl/N-ethyl adjacent to an activating group) is 2. The van der Waals surface area contributed by atoms with Gasteiger partial charge in [-0.25, -0.2) is 0 Å². The molecule has 0 aliphatic rings. The molecule has 0 saturated carbocycles. The average molecular weight is 263 g/mol. The first-order valence-corrected chi connectivity index (χ1v) is 6.95. The van der Waals surface area contributed by atoms with Crippen molar-refractivity contribution < 1.29 is 4.79 Å². The van der Waals surface area contributed by atoms with Gasteiger partial charge in [-0.2, -0.15) is 0 Å². The molecule has 0 bridgehead atoms. The molecule has 0 spiro atoms. The van der Waals surface area contributed by atoms with E-state index in [1.54, 1.807) is 12.4 Å². The van der Waals surface area contributed by atoms with Crippen LogP contribution in [0.3, 0.4) is 0 Å². The highest BCUT2D eigenvalue weighted by Gasteiger charge is 2.10. The predicted octanol–water partition coefficient (Wildman–Crippen LogP) is 1.81. The molecule has 0 fully saturated rings. The van der Waals surface area contributed by atoms with Crippen LogP contribution >= 0.6 is 0 Å². The minimum absolute atomic E-state index is 0.200. The predicted molar refractivity (Wildman–Crippen MR) is 78.0 cm³/mol. The zero-order chi connectivity index (χ0) is 14.1. The summed E-state index contributed by atoms with van der Waals surface area (Å²) in [6.07, 6.45) is 6.75. The fourth-order valence-electron chi connectivity index (χ4n) is 1.82. The summed E-state index contributed by atoms with van der Waals surface area (Å²) in [5, 5.41) is 0. The number of rotatable bonds is 8. The maximum absolute atomic E-state index is 11.9. The van der Waals surface area contributed by atoms with Gasteiger partial charge in [0.15, 0.2) is 0 Å². The Labute approximate surface area is 116 Å². The van der Waals surface area contributed by atoms with Gasteiger partial charge in [-0.05, 0) is 37.6 Å². The number of unbranched alkanes of at least 4 members (excludes halogenated alkanes) is 1.